The lowest BCUT2D eigenvalue weighted by Gasteiger charge is -2.27. The fourth-order valence-electron chi connectivity index (χ4n) is 2.78. The van der Waals surface area contributed by atoms with E-state index in [1.54, 1.807) is 0 Å². The Kier molecular flexibility index (Phi) is 3.22. The maximum absolute atomic E-state index is 5.85. The molecule has 1 saturated carbocycles. The molecule has 18 heavy (non-hydrogen) atoms. The van der Waals surface area contributed by atoms with Gasteiger partial charge in [0.2, 0.25) is 0 Å². The van der Waals surface area contributed by atoms with Crippen LogP contribution in [0.4, 0.5) is 5.69 Å². The van der Waals surface area contributed by atoms with Gasteiger partial charge in [-0.25, -0.2) is 4.99 Å². The topological polar surface area (TPSA) is 33.6 Å². The highest BCUT2D eigenvalue weighted by atomic mass is 16.5. The third kappa shape index (κ3) is 2.35. The lowest BCUT2D eigenvalue weighted by atomic mass is 9.96. The Bertz CT molecular complexity index is 450. The molecule has 1 aromatic carbocycles. The normalized spacial score (nSPS) is 26.3. The van der Waals surface area contributed by atoms with Gasteiger partial charge in [0.15, 0.2) is 0 Å². The second kappa shape index (κ2) is 5.01. The van der Waals surface area contributed by atoms with E-state index in [9.17, 15) is 0 Å². The van der Waals surface area contributed by atoms with Gasteiger partial charge in [0, 0.05) is 11.3 Å². The molecule has 0 bridgehead atoms. The molecule has 3 rings (SSSR count). The molecule has 1 unspecified atom stereocenters. The van der Waals surface area contributed by atoms with E-state index in [-0.39, 0.29) is 6.10 Å². The third-order valence-corrected chi connectivity index (χ3v) is 3.80. The van der Waals surface area contributed by atoms with Gasteiger partial charge in [-0.05, 0) is 25.8 Å². The first-order valence-corrected chi connectivity index (χ1v) is 6.93. The molecular formula is C15H20N2O. The molecule has 1 N–H and O–H groups in total. The van der Waals surface area contributed by atoms with E-state index < -0.39 is 0 Å². The van der Waals surface area contributed by atoms with Crippen molar-refractivity contribution in [2.75, 3.05) is 5.32 Å². The van der Waals surface area contributed by atoms with Crippen molar-refractivity contribution in [3.63, 3.8) is 0 Å². The van der Waals surface area contributed by atoms with E-state index in [0.29, 0.717) is 12.1 Å². The largest absolute Gasteiger partial charge is 0.457 e. The maximum atomic E-state index is 5.85. The first kappa shape index (κ1) is 11.6. The monoisotopic (exact) mass is 244 g/mol. The van der Waals surface area contributed by atoms with Crippen LogP contribution in [0.25, 0.3) is 0 Å². The number of benzene rings is 1. The van der Waals surface area contributed by atoms with Gasteiger partial charge in [0.1, 0.15) is 6.10 Å². The van der Waals surface area contributed by atoms with Crippen LogP contribution in [0.3, 0.4) is 0 Å². The van der Waals surface area contributed by atoms with Gasteiger partial charge in [-0.1, -0.05) is 37.5 Å². The zero-order valence-corrected chi connectivity index (χ0v) is 10.9. The Balaban J connectivity index is 1.78. The second-order valence-electron chi connectivity index (χ2n) is 5.20. The van der Waals surface area contributed by atoms with Gasteiger partial charge in [-0.3, -0.25) is 0 Å². The molecule has 1 aliphatic heterocycles. The standard InChI is InChI=1S/C15H20N2O/c1-11-13-9-5-6-10-14(13)17-15(18-11)16-12-7-3-2-4-8-12/h5-6,9-12H,2-4,7-8H2,1H3,(H,16,17). The summed E-state index contributed by atoms with van der Waals surface area (Å²) in [5.74, 6) is 0. The highest BCUT2D eigenvalue weighted by Crippen LogP contribution is 2.30. The number of ether oxygens (including phenoxy) is 1. The Morgan fingerprint density at radius 2 is 1.94 bits per heavy atom. The minimum absolute atomic E-state index is 0.0878. The van der Waals surface area contributed by atoms with Crippen molar-refractivity contribution in [2.45, 2.75) is 51.2 Å². The number of aliphatic imine (C=N–C) groups is 1. The molecule has 3 heteroatoms. The number of hydrogen-bond donors (Lipinski definition) is 1. The van der Waals surface area contributed by atoms with Gasteiger partial charge in [0.25, 0.3) is 6.02 Å². The molecule has 1 fully saturated rings. The van der Waals surface area contributed by atoms with Crippen LogP contribution in [0.15, 0.2) is 29.3 Å². The number of fused-ring (bicyclic) bond motifs is 1. The summed E-state index contributed by atoms with van der Waals surface area (Å²) < 4.78 is 5.85. The van der Waals surface area contributed by atoms with Crippen LogP contribution in [0.5, 0.6) is 0 Å². The Morgan fingerprint density at radius 1 is 1.17 bits per heavy atom. The van der Waals surface area contributed by atoms with Crippen molar-refractivity contribution < 1.29 is 4.74 Å². The van der Waals surface area contributed by atoms with E-state index >= 15 is 0 Å². The van der Waals surface area contributed by atoms with E-state index in [2.05, 4.69) is 24.4 Å². The Morgan fingerprint density at radius 3 is 2.78 bits per heavy atom. The highest BCUT2D eigenvalue weighted by Gasteiger charge is 2.22. The minimum atomic E-state index is 0.0878. The summed E-state index contributed by atoms with van der Waals surface area (Å²) in [5.41, 5.74) is 2.34. The maximum Gasteiger partial charge on any atom is 0.290 e. The van der Waals surface area contributed by atoms with E-state index in [1.807, 2.05) is 12.1 Å². The van der Waals surface area contributed by atoms with Gasteiger partial charge in [-0.15, -0.1) is 0 Å². The molecule has 96 valence electrons. The van der Waals surface area contributed by atoms with Gasteiger partial charge < -0.3 is 10.1 Å². The number of nitrogens with one attached hydrogen (secondary N) is 1. The number of amidine groups is 1. The summed E-state index contributed by atoms with van der Waals surface area (Å²) in [4.78, 5) is 4.73. The summed E-state index contributed by atoms with van der Waals surface area (Å²) in [6, 6.07) is 9.42. The van der Waals surface area contributed by atoms with Crippen LogP contribution in [0.2, 0.25) is 0 Å². The fraction of sp³-hybridized carbons (Fsp3) is 0.533. The van der Waals surface area contributed by atoms with Crippen LogP contribution in [0, 0.1) is 0 Å². The average Bonchev–Trinajstić information content (AvgIpc) is 2.40. The molecule has 1 atom stereocenters. The van der Waals surface area contributed by atoms with Crippen molar-refractivity contribution in [1.29, 1.82) is 0 Å². The number of nitrogens with zero attached hydrogens (tertiary/aromatic N) is 1. The molecular weight excluding hydrogens is 224 g/mol. The number of rotatable bonds is 1. The minimum Gasteiger partial charge on any atom is -0.457 e. The van der Waals surface area contributed by atoms with Crippen molar-refractivity contribution >= 4 is 11.7 Å². The molecule has 0 radical (unpaired) electrons. The SMILES string of the molecule is CC1OC(=NC2CCCCC2)Nc2ccccc21. The lowest BCUT2D eigenvalue weighted by Crippen LogP contribution is -2.27. The molecule has 0 amide bonds. The molecule has 0 saturated heterocycles. The van der Waals surface area contributed by atoms with Crippen LogP contribution in [-0.2, 0) is 4.74 Å². The number of anilines is 1. The van der Waals surface area contributed by atoms with Crippen molar-refractivity contribution in [1.82, 2.24) is 0 Å². The Labute approximate surface area is 108 Å². The zero-order chi connectivity index (χ0) is 12.4. The average molecular weight is 244 g/mol. The van der Waals surface area contributed by atoms with E-state index in [0.717, 1.165) is 5.69 Å². The van der Waals surface area contributed by atoms with Gasteiger partial charge in [-0.2, -0.15) is 0 Å². The molecule has 0 spiro atoms. The first-order chi connectivity index (χ1) is 8.83. The van der Waals surface area contributed by atoms with Crippen molar-refractivity contribution in [3.8, 4) is 0 Å². The summed E-state index contributed by atoms with van der Waals surface area (Å²) in [6.07, 6.45) is 6.44. The van der Waals surface area contributed by atoms with Crippen molar-refractivity contribution in [2.24, 2.45) is 4.99 Å². The number of hydrogen-bond acceptors (Lipinski definition) is 2. The molecule has 1 aromatic rings. The summed E-state index contributed by atoms with van der Waals surface area (Å²) >= 11 is 0. The lowest BCUT2D eigenvalue weighted by molar-refractivity contribution is 0.203. The first-order valence-electron chi connectivity index (χ1n) is 6.93. The molecule has 1 heterocycles. The molecule has 1 aliphatic carbocycles. The molecule has 2 aliphatic rings. The van der Waals surface area contributed by atoms with Crippen LogP contribution in [-0.4, -0.2) is 12.1 Å². The van der Waals surface area contributed by atoms with Crippen LogP contribution in [0.1, 0.15) is 50.7 Å². The van der Waals surface area contributed by atoms with E-state index in [1.165, 1.54) is 37.7 Å². The van der Waals surface area contributed by atoms with Gasteiger partial charge in [0.05, 0.1) is 6.04 Å². The second-order valence-corrected chi connectivity index (χ2v) is 5.20. The van der Waals surface area contributed by atoms with Crippen LogP contribution >= 0.6 is 0 Å². The Hall–Kier alpha value is -1.51. The summed E-state index contributed by atoms with van der Waals surface area (Å²) in [6.45, 7) is 2.08. The van der Waals surface area contributed by atoms with Gasteiger partial charge >= 0.3 is 0 Å². The fourth-order valence-corrected chi connectivity index (χ4v) is 2.78. The number of para-hydroxylation sites is 1. The zero-order valence-electron chi connectivity index (χ0n) is 10.9. The summed E-state index contributed by atoms with van der Waals surface area (Å²) in [5, 5.41) is 3.30. The third-order valence-electron chi connectivity index (χ3n) is 3.80. The highest BCUT2D eigenvalue weighted by molar-refractivity contribution is 5.92. The smallest absolute Gasteiger partial charge is 0.290 e. The molecule has 0 aromatic heterocycles. The van der Waals surface area contributed by atoms with E-state index in [4.69, 9.17) is 9.73 Å². The predicted molar refractivity (Wildman–Crippen MR) is 73.9 cm³/mol. The summed E-state index contributed by atoms with van der Waals surface area (Å²) in [7, 11) is 0. The van der Waals surface area contributed by atoms with Crippen molar-refractivity contribution in [3.05, 3.63) is 29.8 Å². The quantitative estimate of drug-likeness (QED) is 0.813. The predicted octanol–water partition coefficient (Wildman–Crippen LogP) is 3.88. The van der Waals surface area contributed by atoms with Crippen LogP contribution < -0.4 is 5.32 Å². The molecule has 3 nitrogen and oxygen atoms in total.